The van der Waals surface area contributed by atoms with Gasteiger partial charge in [-0.2, -0.15) is 9.61 Å². The first-order chi connectivity index (χ1) is 10.3. The van der Waals surface area contributed by atoms with Gasteiger partial charge >= 0.3 is 5.69 Å². The first kappa shape index (κ1) is 14.0. The van der Waals surface area contributed by atoms with Crippen molar-refractivity contribution in [3.05, 3.63) is 22.6 Å². The molecule has 0 aliphatic carbocycles. The van der Waals surface area contributed by atoms with Gasteiger partial charge in [-0.3, -0.25) is 0 Å². The maximum absolute atomic E-state index is 11.6. The second-order valence-electron chi connectivity index (χ2n) is 5.22. The molecule has 0 aromatic carbocycles. The Morgan fingerprint density at radius 3 is 3.19 bits per heavy atom. The minimum Gasteiger partial charge on any atom is -0.383 e. The van der Waals surface area contributed by atoms with Gasteiger partial charge in [0.25, 0.3) is 0 Å². The minimum atomic E-state index is -0.322. The van der Waals surface area contributed by atoms with Crippen molar-refractivity contribution in [1.29, 1.82) is 0 Å². The van der Waals surface area contributed by atoms with Gasteiger partial charge in [0.15, 0.2) is 5.65 Å². The Bertz CT molecular complexity index is 645. The van der Waals surface area contributed by atoms with Crippen molar-refractivity contribution < 1.29 is 4.74 Å². The van der Waals surface area contributed by atoms with Gasteiger partial charge in [-0.1, -0.05) is 0 Å². The molecule has 114 valence electrons. The predicted molar refractivity (Wildman–Crippen MR) is 78.7 cm³/mol. The van der Waals surface area contributed by atoms with Gasteiger partial charge in [0, 0.05) is 26.2 Å². The molecule has 0 spiro atoms. The molecule has 0 amide bonds. The molecule has 3 heterocycles. The van der Waals surface area contributed by atoms with Crippen LogP contribution in [0.5, 0.6) is 0 Å². The van der Waals surface area contributed by atoms with E-state index in [0.717, 1.165) is 31.9 Å². The predicted octanol–water partition coefficient (Wildman–Crippen LogP) is -0.378. The average Bonchev–Trinajstić information content (AvgIpc) is 3.13. The van der Waals surface area contributed by atoms with Crippen LogP contribution in [0.3, 0.4) is 0 Å². The number of methoxy groups -OCH3 is 1. The summed E-state index contributed by atoms with van der Waals surface area (Å²) in [5, 5.41) is 14.2. The van der Waals surface area contributed by atoms with Crippen LogP contribution < -0.4 is 15.9 Å². The number of nitrogens with one attached hydrogen (secondary N) is 2. The van der Waals surface area contributed by atoms with Gasteiger partial charge in [-0.15, -0.1) is 5.10 Å². The fourth-order valence-corrected chi connectivity index (χ4v) is 2.64. The Hall–Kier alpha value is -1.93. The number of ether oxygens (including phenoxy) is 1. The van der Waals surface area contributed by atoms with E-state index in [1.165, 1.54) is 10.9 Å². The van der Waals surface area contributed by atoms with Gasteiger partial charge in [-0.25, -0.2) is 9.89 Å². The number of anilines is 1. The van der Waals surface area contributed by atoms with Crippen molar-refractivity contribution in [3.63, 3.8) is 0 Å². The quantitative estimate of drug-likeness (QED) is 0.755. The molecule has 0 saturated carbocycles. The van der Waals surface area contributed by atoms with Crippen LogP contribution >= 0.6 is 0 Å². The van der Waals surface area contributed by atoms with Gasteiger partial charge in [0.1, 0.15) is 5.82 Å². The van der Waals surface area contributed by atoms with Crippen molar-refractivity contribution in [1.82, 2.24) is 25.1 Å². The molecule has 2 N–H and O–H groups in total. The third kappa shape index (κ3) is 3.06. The molecule has 1 fully saturated rings. The fourth-order valence-electron chi connectivity index (χ4n) is 2.64. The van der Waals surface area contributed by atoms with Crippen LogP contribution in [0.1, 0.15) is 12.8 Å². The molecule has 3 rings (SSSR count). The van der Waals surface area contributed by atoms with E-state index < -0.39 is 0 Å². The molecule has 2 aromatic heterocycles. The zero-order valence-corrected chi connectivity index (χ0v) is 12.1. The van der Waals surface area contributed by atoms with Crippen molar-refractivity contribution >= 4 is 11.5 Å². The van der Waals surface area contributed by atoms with Crippen molar-refractivity contribution in [2.45, 2.75) is 18.9 Å². The average molecular weight is 292 g/mol. The summed E-state index contributed by atoms with van der Waals surface area (Å²) in [6.45, 7) is 3.28. The summed E-state index contributed by atoms with van der Waals surface area (Å²) in [6, 6.07) is 4.14. The first-order valence-electron chi connectivity index (χ1n) is 7.19. The van der Waals surface area contributed by atoms with Crippen LogP contribution in [0, 0.1) is 0 Å². The summed E-state index contributed by atoms with van der Waals surface area (Å²) >= 11 is 0. The van der Waals surface area contributed by atoms with Gasteiger partial charge < -0.3 is 15.0 Å². The monoisotopic (exact) mass is 292 g/mol. The molecule has 1 atom stereocenters. The largest absolute Gasteiger partial charge is 0.383 e. The van der Waals surface area contributed by atoms with Crippen LogP contribution in [-0.2, 0) is 4.74 Å². The number of H-pyrrole nitrogens is 1. The molecule has 1 aliphatic heterocycles. The number of fused-ring (bicyclic) bond motifs is 1. The summed E-state index contributed by atoms with van der Waals surface area (Å²) in [6.07, 6.45) is 2.37. The Balaban J connectivity index is 1.84. The highest BCUT2D eigenvalue weighted by atomic mass is 16.5. The molecule has 1 aliphatic rings. The van der Waals surface area contributed by atoms with Crippen LogP contribution in [-0.4, -0.2) is 59.2 Å². The third-order valence-corrected chi connectivity index (χ3v) is 3.75. The maximum atomic E-state index is 11.6. The summed E-state index contributed by atoms with van der Waals surface area (Å²) in [5.74, 6) is 0.761. The number of aromatic amines is 1. The smallest absolute Gasteiger partial charge is 0.364 e. The number of aromatic nitrogens is 4. The van der Waals surface area contributed by atoms with E-state index in [1.807, 2.05) is 6.07 Å². The summed E-state index contributed by atoms with van der Waals surface area (Å²) in [4.78, 5) is 13.8. The van der Waals surface area contributed by atoms with E-state index in [9.17, 15) is 4.79 Å². The topological polar surface area (TPSA) is 87.5 Å². The van der Waals surface area contributed by atoms with Gasteiger partial charge in [0.2, 0.25) is 0 Å². The van der Waals surface area contributed by atoms with E-state index >= 15 is 0 Å². The number of hydrogen-bond acceptors (Lipinski definition) is 6. The van der Waals surface area contributed by atoms with Gasteiger partial charge in [-0.05, 0) is 31.5 Å². The normalized spacial score (nSPS) is 18.4. The molecule has 2 aromatic rings. The molecule has 0 bridgehead atoms. The second-order valence-corrected chi connectivity index (χ2v) is 5.22. The van der Waals surface area contributed by atoms with Crippen LogP contribution in [0.15, 0.2) is 16.9 Å². The lowest BCUT2D eigenvalue weighted by Crippen LogP contribution is -2.40. The Morgan fingerprint density at radius 2 is 2.43 bits per heavy atom. The first-order valence-corrected chi connectivity index (χ1v) is 7.19. The molecule has 21 heavy (non-hydrogen) atoms. The van der Waals surface area contributed by atoms with E-state index in [4.69, 9.17) is 4.74 Å². The lowest BCUT2D eigenvalue weighted by molar-refractivity contribution is 0.204. The molecule has 8 nitrogen and oxygen atoms in total. The minimum absolute atomic E-state index is 0.322. The highest BCUT2D eigenvalue weighted by Gasteiger charge is 2.19. The van der Waals surface area contributed by atoms with E-state index in [-0.39, 0.29) is 5.69 Å². The highest BCUT2D eigenvalue weighted by molar-refractivity contribution is 5.45. The van der Waals surface area contributed by atoms with Crippen molar-refractivity contribution in [2.75, 3.05) is 38.3 Å². The Labute approximate surface area is 122 Å². The molecular weight excluding hydrogens is 272 g/mol. The molecule has 1 unspecified atom stereocenters. The Morgan fingerprint density at radius 1 is 1.52 bits per heavy atom. The van der Waals surface area contributed by atoms with Crippen LogP contribution in [0.2, 0.25) is 0 Å². The van der Waals surface area contributed by atoms with E-state index in [0.29, 0.717) is 18.3 Å². The summed E-state index contributed by atoms with van der Waals surface area (Å²) in [5.41, 5.74) is 0.201. The molecule has 0 radical (unpaired) electrons. The van der Waals surface area contributed by atoms with Gasteiger partial charge in [0.05, 0.1) is 6.61 Å². The summed E-state index contributed by atoms with van der Waals surface area (Å²) < 4.78 is 6.47. The van der Waals surface area contributed by atoms with Crippen molar-refractivity contribution in [3.8, 4) is 0 Å². The maximum Gasteiger partial charge on any atom is 0.364 e. The number of nitrogens with zero attached hydrogens (tertiary/aromatic N) is 4. The SMILES string of the molecule is COCCN(CC1CCCN1)c1ccc2n[nH]c(=O)n2n1. The van der Waals surface area contributed by atoms with Crippen LogP contribution in [0.25, 0.3) is 5.65 Å². The lowest BCUT2D eigenvalue weighted by Gasteiger charge is -2.26. The number of rotatable bonds is 6. The fraction of sp³-hybridized carbons (Fsp3) is 0.615. The molecule has 8 heteroatoms. The number of hydrogen-bond donors (Lipinski definition) is 2. The van der Waals surface area contributed by atoms with Crippen molar-refractivity contribution in [2.24, 2.45) is 0 Å². The molecular formula is C13H20N6O2. The highest BCUT2D eigenvalue weighted by Crippen LogP contribution is 2.14. The van der Waals surface area contributed by atoms with E-state index in [2.05, 4.69) is 25.5 Å². The van der Waals surface area contributed by atoms with E-state index in [1.54, 1.807) is 13.2 Å². The van der Waals surface area contributed by atoms with Crippen LogP contribution in [0.4, 0.5) is 5.82 Å². The Kier molecular flexibility index (Phi) is 4.16. The molecule has 1 saturated heterocycles. The summed E-state index contributed by atoms with van der Waals surface area (Å²) in [7, 11) is 1.68. The second kappa shape index (κ2) is 6.23. The zero-order valence-electron chi connectivity index (χ0n) is 12.1. The standard InChI is InChI=1S/C13H20N6O2/c1-21-8-7-18(9-10-3-2-6-14-10)12-5-4-11-15-16-13(20)19(11)17-12/h4-5,10,14H,2-3,6-9H2,1H3,(H,16,20). The third-order valence-electron chi connectivity index (χ3n) is 3.75. The lowest BCUT2D eigenvalue weighted by atomic mass is 10.2. The zero-order chi connectivity index (χ0) is 14.7.